The summed E-state index contributed by atoms with van der Waals surface area (Å²) in [5.74, 6) is 1.46. The summed E-state index contributed by atoms with van der Waals surface area (Å²) in [6.45, 7) is 12.2. The molecule has 0 aliphatic carbocycles. The van der Waals surface area contributed by atoms with Gasteiger partial charge in [0, 0.05) is 38.9 Å². The van der Waals surface area contributed by atoms with Crippen LogP contribution in [0.1, 0.15) is 50.4 Å². The second kappa shape index (κ2) is 9.62. The third-order valence-electron chi connectivity index (χ3n) is 4.54. The molecule has 5 nitrogen and oxygen atoms in total. The van der Waals surface area contributed by atoms with E-state index in [1.54, 1.807) is 6.20 Å². The first-order valence-electron chi connectivity index (χ1n) is 9.32. The molecule has 0 aromatic carbocycles. The third kappa shape index (κ3) is 5.48. The van der Waals surface area contributed by atoms with Crippen molar-refractivity contribution in [3.05, 3.63) is 23.9 Å². The smallest absolute Gasteiger partial charge is 0.257 e. The fourth-order valence-corrected chi connectivity index (χ4v) is 2.92. The minimum Gasteiger partial charge on any atom is -0.369 e. The number of carbonyl (C=O) groups excluding carboxylic acids is 1. The highest BCUT2D eigenvalue weighted by Gasteiger charge is 2.23. The molecule has 24 heavy (non-hydrogen) atoms. The molecule has 1 aromatic rings. The molecule has 0 radical (unpaired) electrons. The number of piperazine rings is 1. The molecule has 0 bridgehead atoms. The summed E-state index contributed by atoms with van der Waals surface area (Å²) in [4.78, 5) is 21.7. The molecule has 134 valence electrons. The molecule has 1 saturated heterocycles. The predicted molar refractivity (Wildman–Crippen MR) is 99.4 cm³/mol. The van der Waals surface area contributed by atoms with Gasteiger partial charge in [-0.3, -0.25) is 9.69 Å². The van der Waals surface area contributed by atoms with Crippen molar-refractivity contribution in [3.63, 3.8) is 0 Å². The Hall–Kier alpha value is -1.62. The topological polar surface area (TPSA) is 48.5 Å². The number of amides is 1. The Morgan fingerprint density at radius 1 is 1.29 bits per heavy atom. The normalized spacial score (nSPS) is 15.8. The summed E-state index contributed by atoms with van der Waals surface area (Å²) in [6.07, 6.45) is 5.28. The first-order valence-corrected chi connectivity index (χ1v) is 9.32. The van der Waals surface area contributed by atoms with Gasteiger partial charge < -0.3 is 10.2 Å². The molecule has 0 spiro atoms. The van der Waals surface area contributed by atoms with Gasteiger partial charge in [-0.15, -0.1) is 0 Å². The predicted octanol–water partition coefficient (Wildman–Crippen LogP) is 3.10. The Morgan fingerprint density at radius 3 is 2.71 bits per heavy atom. The summed E-state index contributed by atoms with van der Waals surface area (Å²) >= 11 is 0. The fourth-order valence-electron chi connectivity index (χ4n) is 2.92. The Bertz CT molecular complexity index is 510. The van der Waals surface area contributed by atoms with Crippen LogP contribution in [0.3, 0.4) is 0 Å². The molecular weight excluding hydrogens is 300 g/mol. The van der Waals surface area contributed by atoms with E-state index in [1.807, 2.05) is 17.0 Å². The van der Waals surface area contributed by atoms with Crippen LogP contribution in [0, 0.1) is 5.92 Å². The highest BCUT2D eigenvalue weighted by Crippen LogP contribution is 2.16. The maximum absolute atomic E-state index is 12.9. The van der Waals surface area contributed by atoms with Gasteiger partial charge in [0.1, 0.15) is 5.82 Å². The average Bonchev–Trinajstić information content (AvgIpc) is 2.60. The van der Waals surface area contributed by atoms with Crippen molar-refractivity contribution in [1.82, 2.24) is 14.8 Å². The molecule has 1 aromatic heterocycles. The van der Waals surface area contributed by atoms with Gasteiger partial charge in [-0.2, -0.15) is 0 Å². The molecule has 0 unspecified atom stereocenters. The van der Waals surface area contributed by atoms with Crippen LogP contribution in [0.4, 0.5) is 5.82 Å². The van der Waals surface area contributed by atoms with Gasteiger partial charge in [-0.05, 0) is 37.4 Å². The maximum atomic E-state index is 12.9. The standard InChI is InChI=1S/C19H32N4O/c1-4-5-11-22-12-14-23(15-13-22)19(24)17-7-6-9-20-18(17)21-10-8-16(2)3/h6-7,9,16H,4-5,8,10-15H2,1-3H3,(H,20,21). The van der Waals surface area contributed by atoms with Gasteiger partial charge in [-0.25, -0.2) is 4.98 Å². The number of hydrogen-bond acceptors (Lipinski definition) is 4. The minimum absolute atomic E-state index is 0.102. The number of rotatable bonds is 8. The second-order valence-corrected chi connectivity index (χ2v) is 7.00. The third-order valence-corrected chi connectivity index (χ3v) is 4.54. The van der Waals surface area contributed by atoms with Gasteiger partial charge in [0.25, 0.3) is 5.91 Å². The molecule has 1 N–H and O–H groups in total. The molecule has 0 atom stereocenters. The zero-order valence-electron chi connectivity index (χ0n) is 15.4. The van der Waals surface area contributed by atoms with Crippen molar-refractivity contribution in [2.75, 3.05) is 44.6 Å². The molecule has 2 heterocycles. The number of anilines is 1. The summed E-state index contributed by atoms with van der Waals surface area (Å²) in [6, 6.07) is 3.73. The highest BCUT2D eigenvalue weighted by atomic mass is 16.2. The molecule has 5 heteroatoms. The van der Waals surface area contributed by atoms with Crippen molar-refractivity contribution in [2.45, 2.75) is 40.0 Å². The molecule has 2 rings (SSSR count). The SMILES string of the molecule is CCCCN1CCN(C(=O)c2cccnc2NCCC(C)C)CC1. The van der Waals surface area contributed by atoms with E-state index in [0.717, 1.165) is 51.5 Å². The van der Waals surface area contributed by atoms with Gasteiger partial charge >= 0.3 is 0 Å². The molecule has 1 amide bonds. The number of unbranched alkanes of at least 4 members (excludes halogenated alkanes) is 1. The van der Waals surface area contributed by atoms with Crippen LogP contribution >= 0.6 is 0 Å². The van der Waals surface area contributed by atoms with Crippen molar-refractivity contribution >= 4 is 11.7 Å². The lowest BCUT2D eigenvalue weighted by atomic mass is 10.1. The van der Waals surface area contributed by atoms with Crippen LogP contribution in [0.25, 0.3) is 0 Å². The van der Waals surface area contributed by atoms with E-state index in [4.69, 9.17) is 0 Å². The summed E-state index contributed by atoms with van der Waals surface area (Å²) in [5, 5.41) is 3.33. The van der Waals surface area contributed by atoms with Crippen LogP contribution in [0.2, 0.25) is 0 Å². The van der Waals surface area contributed by atoms with E-state index in [0.29, 0.717) is 11.5 Å². The number of aromatic nitrogens is 1. The van der Waals surface area contributed by atoms with Crippen molar-refractivity contribution in [1.29, 1.82) is 0 Å². The maximum Gasteiger partial charge on any atom is 0.257 e. The zero-order valence-corrected chi connectivity index (χ0v) is 15.4. The molecule has 1 aliphatic heterocycles. The molecule has 1 fully saturated rings. The van der Waals surface area contributed by atoms with Crippen LogP contribution < -0.4 is 5.32 Å². The average molecular weight is 332 g/mol. The van der Waals surface area contributed by atoms with Gasteiger partial charge in [-0.1, -0.05) is 27.2 Å². The second-order valence-electron chi connectivity index (χ2n) is 7.00. The van der Waals surface area contributed by atoms with E-state index < -0.39 is 0 Å². The number of nitrogens with one attached hydrogen (secondary N) is 1. The van der Waals surface area contributed by atoms with E-state index in [2.05, 4.69) is 36.0 Å². The lowest BCUT2D eigenvalue weighted by Crippen LogP contribution is -2.49. The fraction of sp³-hybridized carbons (Fsp3) is 0.684. The number of carbonyl (C=O) groups is 1. The van der Waals surface area contributed by atoms with Gasteiger partial charge in [0.2, 0.25) is 0 Å². The van der Waals surface area contributed by atoms with Crippen LogP contribution in [0.5, 0.6) is 0 Å². The van der Waals surface area contributed by atoms with Crippen molar-refractivity contribution < 1.29 is 4.79 Å². The van der Waals surface area contributed by atoms with Gasteiger partial charge in [0.05, 0.1) is 5.56 Å². The molecule has 1 aliphatic rings. The number of pyridine rings is 1. The lowest BCUT2D eigenvalue weighted by molar-refractivity contribution is 0.0636. The van der Waals surface area contributed by atoms with E-state index in [9.17, 15) is 4.79 Å². The van der Waals surface area contributed by atoms with E-state index >= 15 is 0 Å². The van der Waals surface area contributed by atoms with Crippen molar-refractivity contribution in [3.8, 4) is 0 Å². The Labute approximate surface area is 146 Å². The Morgan fingerprint density at radius 2 is 2.04 bits per heavy atom. The number of nitrogens with zero attached hydrogens (tertiary/aromatic N) is 3. The molecule has 0 saturated carbocycles. The zero-order chi connectivity index (χ0) is 17.4. The largest absolute Gasteiger partial charge is 0.369 e. The summed E-state index contributed by atoms with van der Waals surface area (Å²) < 4.78 is 0. The highest BCUT2D eigenvalue weighted by molar-refractivity contribution is 5.98. The van der Waals surface area contributed by atoms with E-state index in [-0.39, 0.29) is 5.91 Å². The van der Waals surface area contributed by atoms with Crippen LogP contribution in [-0.4, -0.2) is 60.0 Å². The lowest BCUT2D eigenvalue weighted by Gasteiger charge is -2.35. The summed E-state index contributed by atoms with van der Waals surface area (Å²) in [7, 11) is 0. The number of hydrogen-bond donors (Lipinski definition) is 1. The van der Waals surface area contributed by atoms with Crippen LogP contribution in [-0.2, 0) is 0 Å². The van der Waals surface area contributed by atoms with Gasteiger partial charge in [0.15, 0.2) is 0 Å². The first kappa shape index (κ1) is 18.7. The monoisotopic (exact) mass is 332 g/mol. The molecular formula is C19H32N4O. The minimum atomic E-state index is 0.102. The summed E-state index contributed by atoms with van der Waals surface area (Å²) in [5.41, 5.74) is 0.697. The quantitative estimate of drug-likeness (QED) is 0.795. The van der Waals surface area contributed by atoms with Crippen molar-refractivity contribution in [2.24, 2.45) is 5.92 Å². The Kier molecular flexibility index (Phi) is 7.50. The van der Waals surface area contributed by atoms with E-state index in [1.165, 1.54) is 12.8 Å². The van der Waals surface area contributed by atoms with Crippen LogP contribution in [0.15, 0.2) is 18.3 Å². The Balaban J connectivity index is 1.92. The first-order chi connectivity index (χ1) is 11.6.